The molecule has 0 aliphatic carbocycles. The van der Waals surface area contributed by atoms with Crippen LogP contribution < -0.4 is 5.32 Å². The van der Waals surface area contributed by atoms with Crippen LogP contribution in [-0.4, -0.2) is 22.8 Å². The number of aromatic nitrogens is 2. The zero-order valence-corrected chi connectivity index (χ0v) is 7.23. The Morgan fingerprint density at radius 1 is 1.67 bits per heavy atom. The molecule has 0 saturated carbocycles. The van der Waals surface area contributed by atoms with E-state index in [1.807, 2.05) is 24.9 Å². The molecule has 0 amide bonds. The van der Waals surface area contributed by atoms with E-state index >= 15 is 0 Å². The number of nitrogens with zero attached hydrogens (tertiary/aromatic N) is 3. The van der Waals surface area contributed by atoms with E-state index in [2.05, 4.69) is 15.3 Å². The topological polar surface area (TPSA) is 42.2 Å². The van der Waals surface area contributed by atoms with E-state index in [4.69, 9.17) is 0 Å². The second-order valence-electron chi connectivity index (χ2n) is 2.28. The van der Waals surface area contributed by atoms with E-state index in [-0.39, 0.29) is 0 Å². The molecule has 0 bridgehead atoms. The first kappa shape index (κ1) is 8.52. The number of hydrogen-bond acceptors (Lipinski definition) is 3. The summed E-state index contributed by atoms with van der Waals surface area (Å²) in [6.45, 7) is 0. The van der Waals surface area contributed by atoms with Gasteiger partial charge in [0.2, 0.25) is 0 Å². The number of rotatable bonds is 3. The summed E-state index contributed by atoms with van der Waals surface area (Å²) in [5, 5.41) is 2.84. The van der Waals surface area contributed by atoms with Gasteiger partial charge in [0.05, 0.1) is 6.21 Å². The average molecular weight is 164 g/mol. The first-order valence-electron chi connectivity index (χ1n) is 3.67. The largest absolute Gasteiger partial charge is 0.393 e. The molecule has 64 valence electrons. The van der Waals surface area contributed by atoms with Crippen molar-refractivity contribution in [3.63, 3.8) is 0 Å². The van der Waals surface area contributed by atoms with Crippen molar-refractivity contribution in [1.82, 2.24) is 14.9 Å². The van der Waals surface area contributed by atoms with Crippen molar-refractivity contribution in [2.75, 3.05) is 7.05 Å². The number of nitrogens with one attached hydrogen (secondary N) is 1. The van der Waals surface area contributed by atoms with E-state index in [9.17, 15) is 0 Å². The minimum atomic E-state index is 0.843. The van der Waals surface area contributed by atoms with E-state index in [1.165, 1.54) is 0 Å². The summed E-state index contributed by atoms with van der Waals surface area (Å²) in [4.78, 5) is 8.09. The molecule has 0 saturated heterocycles. The lowest BCUT2D eigenvalue weighted by Gasteiger charge is -1.90. The van der Waals surface area contributed by atoms with Gasteiger partial charge in [-0.25, -0.2) is 4.98 Å². The highest BCUT2D eigenvalue weighted by Gasteiger charge is 1.90. The lowest BCUT2D eigenvalue weighted by Crippen LogP contribution is -1.94. The van der Waals surface area contributed by atoms with Crippen LogP contribution in [0.25, 0.3) is 0 Å². The molecule has 12 heavy (non-hydrogen) atoms. The molecule has 0 aliphatic heterocycles. The van der Waals surface area contributed by atoms with Gasteiger partial charge in [-0.3, -0.25) is 4.99 Å². The van der Waals surface area contributed by atoms with Gasteiger partial charge in [-0.2, -0.15) is 0 Å². The highest BCUT2D eigenvalue weighted by atomic mass is 15.0. The Bertz CT molecular complexity index is 285. The van der Waals surface area contributed by atoms with Crippen molar-refractivity contribution in [1.29, 1.82) is 0 Å². The van der Waals surface area contributed by atoms with E-state index < -0.39 is 0 Å². The highest BCUT2D eigenvalue weighted by Crippen LogP contribution is 1.88. The molecular weight excluding hydrogens is 152 g/mol. The van der Waals surface area contributed by atoms with Crippen molar-refractivity contribution in [2.24, 2.45) is 12.0 Å². The third kappa shape index (κ3) is 2.23. The summed E-state index contributed by atoms with van der Waals surface area (Å²) < 4.78 is 1.90. The van der Waals surface area contributed by atoms with Crippen LogP contribution in [-0.2, 0) is 7.05 Å². The van der Waals surface area contributed by atoms with Crippen LogP contribution in [0.4, 0.5) is 0 Å². The number of aliphatic imine (C=N–C) groups is 1. The van der Waals surface area contributed by atoms with Crippen molar-refractivity contribution < 1.29 is 0 Å². The Labute approximate surface area is 71.7 Å². The van der Waals surface area contributed by atoms with E-state index in [0.29, 0.717) is 0 Å². The van der Waals surface area contributed by atoms with Crippen LogP contribution in [0, 0.1) is 0 Å². The Balaban J connectivity index is 2.57. The van der Waals surface area contributed by atoms with Gasteiger partial charge in [-0.05, 0) is 0 Å². The summed E-state index contributed by atoms with van der Waals surface area (Å²) in [5.41, 5.74) is 0. The van der Waals surface area contributed by atoms with Crippen LogP contribution in [0.3, 0.4) is 0 Å². The second kappa shape index (κ2) is 4.33. The van der Waals surface area contributed by atoms with Crippen LogP contribution >= 0.6 is 0 Å². The van der Waals surface area contributed by atoms with Crippen molar-refractivity contribution in [3.05, 3.63) is 30.6 Å². The van der Waals surface area contributed by atoms with Crippen LogP contribution in [0.5, 0.6) is 0 Å². The molecule has 1 aromatic heterocycles. The number of hydrogen-bond donors (Lipinski definition) is 1. The normalized spacial score (nSPS) is 11.5. The summed E-state index contributed by atoms with van der Waals surface area (Å²) in [7, 11) is 3.75. The molecule has 1 N–H and O–H groups in total. The molecular formula is C8H12N4. The van der Waals surface area contributed by atoms with Crippen LogP contribution in [0.15, 0.2) is 29.8 Å². The fourth-order valence-corrected chi connectivity index (χ4v) is 0.729. The smallest absolute Gasteiger partial charge is 0.150 e. The molecule has 1 heterocycles. The molecule has 4 nitrogen and oxygen atoms in total. The summed E-state index contributed by atoms with van der Waals surface area (Å²) in [6.07, 6.45) is 8.74. The van der Waals surface area contributed by atoms with Gasteiger partial charge in [0.15, 0.2) is 5.82 Å². The monoisotopic (exact) mass is 164 g/mol. The van der Waals surface area contributed by atoms with Gasteiger partial charge in [0.25, 0.3) is 0 Å². The lowest BCUT2D eigenvalue weighted by molar-refractivity contribution is 0.902. The predicted molar refractivity (Wildman–Crippen MR) is 49.0 cm³/mol. The average Bonchev–Trinajstić information content (AvgIpc) is 2.46. The Morgan fingerprint density at radius 3 is 3.08 bits per heavy atom. The molecule has 0 radical (unpaired) electrons. The fourth-order valence-electron chi connectivity index (χ4n) is 0.729. The van der Waals surface area contributed by atoms with Gasteiger partial charge >= 0.3 is 0 Å². The fraction of sp³-hybridized carbons (Fsp3) is 0.250. The molecule has 1 aromatic rings. The molecule has 1 rings (SSSR count). The summed E-state index contributed by atoms with van der Waals surface area (Å²) in [5.74, 6) is 0.843. The van der Waals surface area contributed by atoms with Crippen LogP contribution in [0.2, 0.25) is 0 Å². The summed E-state index contributed by atoms with van der Waals surface area (Å²) in [6, 6.07) is 0. The van der Waals surface area contributed by atoms with Crippen molar-refractivity contribution in [2.45, 2.75) is 0 Å². The SMILES string of the molecule is CN/C=C/N=Cc1nccn1C. The van der Waals surface area contributed by atoms with E-state index in [0.717, 1.165) is 5.82 Å². The first-order valence-corrected chi connectivity index (χ1v) is 3.67. The standard InChI is InChI=1S/C8H12N4/c1-9-3-4-10-7-8-11-5-6-12(8)2/h3-7,9H,1-2H3/b4-3+,10-7?. The lowest BCUT2D eigenvalue weighted by atomic mass is 10.6. The van der Waals surface area contributed by atoms with Gasteiger partial charge in [-0.1, -0.05) is 0 Å². The molecule has 0 spiro atoms. The minimum absolute atomic E-state index is 0.843. The second-order valence-corrected chi connectivity index (χ2v) is 2.28. The number of aryl methyl sites for hydroxylation is 1. The molecule has 4 heteroatoms. The molecule has 0 fully saturated rings. The Morgan fingerprint density at radius 2 is 2.50 bits per heavy atom. The van der Waals surface area contributed by atoms with Gasteiger partial charge < -0.3 is 9.88 Å². The minimum Gasteiger partial charge on any atom is -0.393 e. The van der Waals surface area contributed by atoms with Crippen molar-refractivity contribution >= 4 is 6.21 Å². The zero-order valence-electron chi connectivity index (χ0n) is 7.23. The molecule has 0 unspecified atom stereocenters. The quantitative estimate of drug-likeness (QED) is 0.662. The third-order valence-corrected chi connectivity index (χ3v) is 1.38. The maximum Gasteiger partial charge on any atom is 0.150 e. The summed E-state index contributed by atoms with van der Waals surface area (Å²) >= 11 is 0. The Kier molecular flexibility index (Phi) is 3.07. The Hall–Kier alpha value is -1.58. The highest BCUT2D eigenvalue weighted by molar-refractivity contribution is 5.75. The maximum atomic E-state index is 4.07. The maximum absolute atomic E-state index is 4.07. The third-order valence-electron chi connectivity index (χ3n) is 1.38. The number of imidazole rings is 1. The predicted octanol–water partition coefficient (Wildman–Crippen LogP) is 0.530. The van der Waals surface area contributed by atoms with Crippen LogP contribution in [0.1, 0.15) is 5.82 Å². The molecule has 0 aromatic carbocycles. The first-order chi connectivity index (χ1) is 5.84. The molecule has 0 aliphatic rings. The van der Waals surface area contributed by atoms with Gasteiger partial charge in [0, 0.05) is 38.9 Å². The molecule has 0 atom stereocenters. The van der Waals surface area contributed by atoms with E-state index in [1.54, 1.807) is 24.8 Å². The van der Waals surface area contributed by atoms with Crippen molar-refractivity contribution in [3.8, 4) is 0 Å². The van der Waals surface area contributed by atoms with Gasteiger partial charge in [0.1, 0.15) is 0 Å². The van der Waals surface area contributed by atoms with Gasteiger partial charge in [-0.15, -0.1) is 0 Å². The zero-order chi connectivity index (χ0) is 8.81.